The van der Waals surface area contributed by atoms with Crippen LogP contribution in [-0.2, 0) is 11.2 Å². The molecule has 1 aromatic heterocycles. The van der Waals surface area contributed by atoms with E-state index in [1.54, 1.807) is 18.5 Å². The monoisotopic (exact) mass is 310 g/mol. The molecule has 1 fully saturated rings. The van der Waals surface area contributed by atoms with Crippen LogP contribution in [0, 0.1) is 0 Å². The van der Waals surface area contributed by atoms with Crippen LogP contribution in [-0.4, -0.2) is 41.1 Å². The van der Waals surface area contributed by atoms with Crippen molar-refractivity contribution >= 4 is 5.91 Å². The number of aromatic nitrogens is 1. The van der Waals surface area contributed by atoms with Gasteiger partial charge in [0.25, 0.3) is 5.91 Å². The molecule has 4 heteroatoms. The molecule has 0 bridgehead atoms. The second-order valence-corrected chi connectivity index (χ2v) is 6.03. The number of amides is 1. The minimum atomic E-state index is 0.0404. The minimum Gasteiger partial charge on any atom is -0.374 e. The summed E-state index contributed by atoms with van der Waals surface area (Å²) in [6.07, 6.45) is 5.29. The van der Waals surface area contributed by atoms with Crippen LogP contribution in [0.4, 0.5) is 0 Å². The standard InChI is InChI=1S/C19H22N2O2/c1-15-14-23-18(10-9-16-6-3-2-4-7-16)13-21(15)19(22)17-8-5-11-20-12-17/h2-8,11-12,15,18H,9-10,13-14H2,1H3. The molecular weight excluding hydrogens is 288 g/mol. The lowest BCUT2D eigenvalue weighted by Gasteiger charge is -2.38. The largest absolute Gasteiger partial charge is 0.374 e. The molecule has 1 aliphatic rings. The predicted octanol–water partition coefficient (Wildman–Crippen LogP) is 2.94. The molecule has 0 saturated carbocycles. The highest BCUT2D eigenvalue weighted by atomic mass is 16.5. The first-order valence-electron chi connectivity index (χ1n) is 8.10. The zero-order chi connectivity index (χ0) is 16.1. The van der Waals surface area contributed by atoms with Crippen LogP contribution in [0.2, 0.25) is 0 Å². The third kappa shape index (κ3) is 3.96. The lowest BCUT2D eigenvalue weighted by molar-refractivity contribution is -0.0497. The fourth-order valence-electron chi connectivity index (χ4n) is 2.90. The van der Waals surface area contributed by atoms with Gasteiger partial charge in [-0.05, 0) is 37.5 Å². The van der Waals surface area contributed by atoms with Gasteiger partial charge in [-0.1, -0.05) is 30.3 Å². The molecule has 1 aromatic carbocycles. The summed E-state index contributed by atoms with van der Waals surface area (Å²) >= 11 is 0. The van der Waals surface area contributed by atoms with Crippen LogP contribution in [0.1, 0.15) is 29.3 Å². The molecule has 0 N–H and O–H groups in total. The topological polar surface area (TPSA) is 42.4 Å². The van der Waals surface area contributed by atoms with E-state index in [0.717, 1.165) is 12.8 Å². The molecule has 2 atom stereocenters. The van der Waals surface area contributed by atoms with Crippen molar-refractivity contribution in [2.45, 2.75) is 31.9 Å². The van der Waals surface area contributed by atoms with Crippen LogP contribution in [0.5, 0.6) is 0 Å². The van der Waals surface area contributed by atoms with E-state index < -0.39 is 0 Å². The fraction of sp³-hybridized carbons (Fsp3) is 0.368. The van der Waals surface area contributed by atoms with Crippen molar-refractivity contribution in [1.29, 1.82) is 0 Å². The van der Waals surface area contributed by atoms with Gasteiger partial charge in [0.2, 0.25) is 0 Å². The Balaban J connectivity index is 1.61. The summed E-state index contributed by atoms with van der Waals surface area (Å²) in [4.78, 5) is 18.6. The molecule has 1 amide bonds. The summed E-state index contributed by atoms with van der Waals surface area (Å²) < 4.78 is 5.92. The van der Waals surface area contributed by atoms with E-state index >= 15 is 0 Å². The molecule has 23 heavy (non-hydrogen) atoms. The Morgan fingerprint density at radius 3 is 2.83 bits per heavy atom. The van der Waals surface area contributed by atoms with E-state index in [1.165, 1.54) is 5.56 Å². The lowest BCUT2D eigenvalue weighted by atomic mass is 10.0. The zero-order valence-electron chi connectivity index (χ0n) is 13.4. The molecule has 2 unspecified atom stereocenters. The van der Waals surface area contributed by atoms with Crippen molar-refractivity contribution in [3.63, 3.8) is 0 Å². The highest BCUT2D eigenvalue weighted by Gasteiger charge is 2.30. The number of hydrogen-bond donors (Lipinski definition) is 0. The second kappa shape index (κ2) is 7.38. The first-order chi connectivity index (χ1) is 11.2. The molecular formula is C19H22N2O2. The lowest BCUT2D eigenvalue weighted by Crippen LogP contribution is -2.51. The maximum absolute atomic E-state index is 12.7. The summed E-state index contributed by atoms with van der Waals surface area (Å²) in [5, 5.41) is 0. The van der Waals surface area contributed by atoms with Crippen LogP contribution < -0.4 is 0 Å². The van der Waals surface area contributed by atoms with Crippen molar-refractivity contribution in [3.8, 4) is 0 Å². The molecule has 0 aliphatic carbocycles. The van der Waals surface area contributed by atoms with Crippen molar-refractivity contribution in [2.24, 2.45) is 0 Å². The average molecular weight is 310 g/mol. The van der Waals surface area contributed by atoms with Crippen molar-refractivity contribution < 1.29 is 9.53 Å². The van der Waals surface area contributed by atoms with E-state index in [2.05, 4.69) is 29.2 Å². The Labute approximate surface area is 137 Å². The molecule has 0 spiro atoms. The summed E-state index contributed by atoms with van der Waals surface area (Å²) in [7, 11) is 0. The first-order valence-corrected chi connectivity index (χ1v) is 8.10. The SMILES string of the molecule is CC1COC(CCc2ccccc2)CN1C(=O)c1cccnc1. The third-order valence-electron chi connectivity index (χ3n) is 4.27. The van der Waals surface area contributed by atoms with Crippen LogP contribution in [0.15, 0.2) is 54.9 Å². The highest BCUT2D eigenvalue weighted by Crippen LogP contribution is 2.18. The Hall–Kier alpha value is -2.20. The van der Waals surface area contributed by atoms with Gasteiger partial charge in [-0.3, -0.25) is 9.78 Å². The molecule has 1 aliphatic heterocycles. The number of pyridine rings is 1. The zero-order valence-corrected chi connectivity index (χ0v) is 13.4. The minimum absolute atomic E-state index is 0.0404. The number of benzene rings is 1. The van der Waals surface area contributed by atoms with Gasteiger partial charge in [-0.15, -0.1) is 0 Å². The Kier molecular flexibility index (Phi) is 5.03. The number of rotatable bonds is 4. The van der Waals surface area contributed by atoms with Crippen molar-refractivity contribution in [1.82, 2.24) is 9.88 Å². The van der Waals surface area contributed by atoms with E-state index in [-0.39, 0.29) is 18.1 Å². The van der Waals surface area contributed by atoms with Crippen LogP contribution in [0.3, 0.4) is 0 Å². The van der Waals surface area contributed by atoms with Crippen molar-refractivity contribution in [3.05, 3.63) is 66.0 Å². The molecule has 3 rings (SSSR count). The second-order valence-electron chi connectivity index (χ2n) is 6.03. The van der Waals surface area contributed by atoms with Gasteiger partial charge < -0.3 is 9.64 Å². The Morgan fingerprint density at radius 2 is 2.09 bits per heavy atom. The van der Waals surface area contributed by atoms with Gasteiger partial charge in [-0.25, -0.2) is 0 Å². The van der Waals surface area contributed by atoms with E-state index in [1.807, 2.05) is 24.0 Å². The number of aryl methyl sites for hydroxylation is 1. The van der Waals surface area contributed by atoms with E-state index in [9.17, 15) is 4.79 Å². The fourth-order valence-corrected chi connectivity index (χ4v) is 2.90. The molecule has 0 radical (unpaired) electrons. The summed E-state index contributed by atoms with van der Waals surface area (Å²) in [6, 6.07) is 14.1. The Morgan fingerprint density at radius 1 is 1.26 bits per heavy atom. The molecule has 4 nitrogen and oxygen atoms in total. The molecule has 1 saturated heterocycles. The van der Waals surface area contributed by atoms with Crippen LogP contribution in [0.25, 0.3) is 0 Å². The average Bonchev–Trinajstić information content (AvgIpc) is 2.62. The van der Waals surface area contributed by atoms with Gasteiger partial charge in [0, 0.05) is 18.9 Å². The molecule has 2 heterocycles. The Bertz CT molecular complexity index is 630. The van der Waals surface area contributed by atoms with Crippen LogP contribution >= 0.6 is 0 Å². The third-order valence-corrected chi connectivity index (χ3v) is 4.27. The smallest absolute Gasteiger partial charge is 0.255 e. The van der Waals surface area contributed by atoms with Gasteiger partial charge in [0.1, 0.15) is 0 Å². The van der Waals surface area contributed by atoms with Gasteiger partial charge in [0.15, 0.2) is 0 Å². The maximum atomic E-state index is 12.7. The number of nitrogens with zero attached hydrogens (tertiary/aromatic N) is 2. The molecule has 2 aromatic rings. The maximum Gasteiger partial charge on any atom is 0.255 e. The highest BCUT2D eigenvalue weighted by molar-refractivity contribution is 5.94. The number of morpholine rings is 1. The first kappa shape index (κ1) is 15.7. The number of carbonyl (C=O) groups is 1. The summed E-state index contributed by atoms with van der Waals surface area (Å²) in [6.45, 7) is 3.26. The number of hydrogen-bond acceptors (Lipinski definition) is 3. The predicted molar refractivity (Wildman–Crippen MR) is 89.2 cm³/mol. The van der Waals surface area contributed by atoms with Gasteiger partial charge in [0.05, 0.1) is 24.3 Å². The normalized spacial score (nSPS) is 21.2. The van der Waals surface area contributed by atoms with E-state index in [0.29, 0.717) is 18.7 Å². The number of ether oxygens (including phenoxy) is 1. The quantitative estimate of drug-likeness (QED) is 0.872. The summed E-state index contributed by atoms with van der Waals surface area (Å²) in [5.74, 6) is 0.0404. The summed E-state index contributed by atoms with van der Waals surface area (Å²) in [5.41, 5.74) is 1.95. The van der Waals surface area contributed by atoms with Gasteiger partial charge >= 0.3 is 0 Å². The number of carbonyl (C=O) groups excluding carboxylic acids is 1. The van der Waals surface area contributed by atoms with E-state index in [4.69, 9.17) is 4.74 Å². The van der Waals surface area contributed by atoms with Crippen molar-refractivity contribution in [2.75, 3.05) is 13.2 Å². The van der Waals surface area contributed by atoms with Gasteiger partial charge in [-0.2, -0.15) is 0 Å². The molecule has 120 valence electrons.